The number of nitro groups is 1. The van der Waals surface area contributed by atoms with Crippen LogP contribution in [0.5, 0.6) is 0 Å². The molecule has 4 N–H and O–H groups in total. The minimum absolute atomic E-state index is 0.104. The summed E-state index contributed by atoms with van der Waals surface area (Å²) in [5.74, 6) is 5.38. The van der Waals surface area contributed by atoms with Gasteiger partial charge in [0.2, 0.25) is 11.8 Å². The van der Waals surface area contributed by atoms with Crippen LogP contribution in [0, 0.1) is 10.1 Å². The molecule has 0 saturated carbocycles. The lowest BCUT2D eigenvalue weighted by molar-refractivity contribution is -0.384. The number of anilines is 2. The molecule has 19 heavy (non-hydrogen) atoms. The van der Waals surface area contributed by atoms with E-state index in [2.05, 4.69) is 25.8 Å². The van der Waals surface area contributed by atoms with Crippen LogP contribution in [0.4, 0.5) is 17.5 Å². The van der Waals surface area contributed by atoms with Gasteiger partial charge in [0.25, 0.3) is 0 Å². The summed E-state index contributed by atoms with van der Waals surface area (Å²) in [7, 11) is 0. The van der Waals surface area contributed by atoms with Crippen molar-refractivity contribution in [3.05, 3.63) is 34.8 Å². The van der Waals surface area contributed by atoms with Crippen molar-refractivity contribution in [3.8, 4) is 0 Å². The summed E-state index contributed by atoms with van der Waals surface area (Å²) in [5.41, 5.74) is 2.03. The summed E-state index contributed by atoms with van der Waals surface area (Å²) in [5, 5.41) is 17.7. The van der Waals surface area contributed by atoms with Crippen LogP contribution in [-0.2, 0) is 6.54 Å². The van der Waals surface area contributed by atoms with E-state index in [0.717, 1.165) is 6.20 Å². The number of nitrogens with zero attached hydrogens (tertiary/aromatic N) is 5. The van der Waals surface area contributed by atoms with Crippen molar-refractivity contribution in [2.45, 2.75) is 6.54 Å². The summed E-state index contributed by atoms with van der Waals surface area (Å²) in [6, 6.07) is 1.80. The van der Waals surface area contributed by atoms with Gasteiger partial charge in [-0.05, 0) is 6.07 Å². The first-order valence-corrected chi connectivity index (χ1v) is 5.40. The molecule has 0 saturated heterocycles. The van der Waals surface area contributed by atoms with Gasteiger partial charge in [0.05, 0.1) is 11.5 Å². The Balaban J connectivity index is 2.06. The fourth-order valence-electron chi connectivity index (χ4n) is 1.43. The molecule has 0 aromatic carbocycles. The second-order valence-electron chi connectivity index (χ2n) is 3.52. The summed E-state index contributed by atoms with van der Waals surface area (Å²) in [6.07, 6.45) is 4.55. The van der Waals surface area contributed by atoms with Crippen LogP contribution in [0.2, 0.25) is 0 Å². The summed E-state index contributed by atoms with van der Waals surface area (Å²) in [6.45, 7) is 0.989. The number of hydrogen-bond donors (Lipinski definition) is 3. The number of rotatable bonds is 6. The molecule has 0 spiro atoms. The zero-order valence-corrected chi connectivity index (χ0v) is 9.85. The summed E-state index contributed by atoms with van der Waals surface area (Å²) in [4.78, 5) is 17.9. The highest BCUT2D eigenvalue weighted by atomic mass is 16.6. The molecule has 0 unspecified atom stereocenters. The third-order valence-corrected chi connectivity index (χ3v) is 2.29. The van der Waals surface area contributed by atoms with Crippen molar-refractivity contribution >= 4 is 17.5 Å². The number of nitrogen functional groups attached to an aromatic ring is 1. The monoisotopic (exact) mass is 264 g/mol. The van der Waals surface area contributed by atoms with Crippen LogP contribution < -0.4 is 16.6 Å². The maximum absolute atomic E-state index is 10.8. The number of hydrazine groups is 1. The largest absolute Gasteiger partial charge is 0.362 e. The Hall–Kier alpha value is -2.75. The van der Waals surface area contributed by atoms with Gasteiger partial charge in [-0.1, -0.05) is 0 Å². The lowest BCUT2D eigenvalue weighted by atomic mass is 10.4. The van der Waals surface area contributed by atoms with E-state index in [1.165, 1.54) is 0 Å². The highest BCUT2D eigenvalue weighted by Crippen LogP contribution is 2.21. The molecule has 0 aliphatic carbocycles. The molecule has 10 heteroatoms. The first-order valence-electron chi connectivity index (χ1n) is 5.40. The van der Waals surface area contributed by atoms with Crippen molar-refractivity contribution in [1.82, 2.24) is 19.7 Å². The summed E-state index contributed by atoms with van der Waals surface area (Å²) >= 11 is 0. The molecule has 2 rings (SSSR count). The average Bonchev–Trinajstić information content (AvgIpc) is 2.91. The van der Waals surface area contributed by atoms with E-state index in [9.17, 15) is 10.1 Å². The lowest BCUT2D eigenvalue weighted by Crippen LogP contribution is -2.15. The SMILES string of the molecule is NNc1ncc([N+](=O)[O-])c(NCCn2cccn2)n1. The molecular formula is C9H12N8O2. The molecule has 0 bridgehead atoms. The molecule has 0 fully saturated rings. The molecule has 0 amide bonds. The Morgan fingerprint density at radius 1 is 1.53 bits per heavy atom. The van der Waals surface area contributed by atoms with Gasteiger partial charge in [0.15, 0.2) is 0 Å². The molecule has 0 aliphatic heterocycles. The van der Waals surface area contributed by atoms with Crippen LogP contribution in [0.1, 0.15) is 0 Å². The topological polar surface area (TPSA) is 137 Å². The van der Waals surface area contributed by atoms with Gasteiger partial charge in [-0.3, -0.25) is 20.2 Å². The van der Waals surface area contributed by atoms with Crippen molar-refractivity contribution < 1.29 is 4.92 Å². The normalized spacial score (nSPS) is 10.2. The van der Waals surface area contributed by atoms with Gasteiger partial charge in [-0.2, -0.15) is 10.1 Å². The maximum atomic E-state index is 10.8. The Labute approximate surface area is 107 Å². The van der Waals surface area contributed by atoms with E-state index < -0.39 is 4.92 Å². The molecule has 100 valence electrons. The van der Waals surface area contributed by atoms with Crippen molar-refractivity contribution in [2.75, 3.05) is 17.3 Å². The second-order valence-corrected chi connectivity index (χ2v) is 3.52. The zero-order chi connectivity index (χ0) is 13.7. The number of nitrogens with two attached hydrogens (primary N) is 1. The van der Waals surface area contributed by atoms with Gasteiger partial charge in [-0.25, -0.2) is 10.8 Å². The van der Waals surface area contributed by atoms with E-state index in [4.69, 9.17) is 5.84 Å². The first kappa shape index (κ1) is 12.7. The Kier molecular flexibility index (Phi) is 3.83. The van der Waals surface area contributed by atoms with Gasteiger partial charge in [-0.15, -0.1) is 0 Å². The van der Waals surface area contributed by atoms with E-state index in [0.29, 0.717) is 13.1 Å². The number of aromatic nitrogens is 4. The molecule has 2 aromatic rings. The van der Waals surface area contributed by atoms with Gasteiger partial charge in [0, 0.05) is 18.9 Å². The highest BCUT2D eigenvalue weighted by Gasteiger charge is 2.16. The maximum Gasteiger partial charge on any atom is 0.329 e. The zero-order valence-electron chi connectivity index (χ0n) is 9.85. The molecule has 0 radical (unpaired) electrons. The molecule has 2 aromatic heterocycles. The van der Waals surface area contributed by atoms with Crippen LogP contribution in [0.3, 0.4) is 0 Å². The van der Waals surface area contributed by atoms with Crippen LogP contribution in [-0.4, -0.2) is 31.2 Å². The molecular weight excluding hydrogens is 252 g/mol. The van der Waals surface area contributed by atoms with Crippen LogP contribution >= 0.6 is 0 Å². The van der Waals surface area contributed by atoms with Gasteiger partial charge in [0.1, 0.15) is 6.20 Å². The smallest absolute Gasteiger partial charge is 0.329 e. The fourth-order valence-corrected chi connectivity index (χ4v) is 1.43. The van der Waals surface area contributed by atoms with E-state index in [1.54, 1.807) is 23.1 Å². The standard InChI is InChI=1S/C9H12N8O2/c10-15-9-12-6-7(17(18)19)8(14-9)11-3-5-16-4-1-2-13-16/h1-2,4,6H,3,5,10H2,(H2,11,12,14,15). The quantitative estimate of drug-likeness (QED) is 0.376. The van der Waals surface area contributed by atoms with E-state index >= 15 is 0 Å². The summed E-state index contributed by atoms with van der Waals surface area (Å²) < 4.78 is 1.70. The van der Waals surface area contributed by atoms with E-state index in [1.807, 2.05) is 0 Å². The second kappa shape index (κ2) is 5.73. The minimum atomic E-state index is -0.559. The molecule has 0 atom stereocenters. The van der Waals surface area contributed by atoms with Crippen molar-refractivity contribution in [1.29, 1.82) is 0 Å². The number of nitrogens with one attached hydrogen (secondary N) is 2. The fraction of sp³-hybridized carbons (Fsp3) is 0.222. The molecule has 0 aliphatic rings. The Bertz CT molecular complexity index is 555. The lowest BCUT2D eigenvalue weighted by Gasteiger charge is -2.07. The molecule has 2 heterocycles. The number of hydrogen-bond acceptors (Lipinski definition) is 8. The van der Waals surface area contributed by atoms with Crippen molar-refractivity contribution in [3.63, 3.8) is 0 Å². The predicted molar refractivity (Wildman–Crippen MR) is 67.2 cm³/mol. The molecule has 10 nitrogen and oxygen atoms in total. The predicted octanol–water partition coefficient (Wildman–Crippen LogP) is -0.0210. The van der Waals surface area contributed by atoms with Crippen LogP contribution in [0.15, 0.2) is 24.7 Å². The Morgan fingerprint density at radius 3 is 3.00 bits per heavy atom. The highest BCUT2D eigenvalue weighted by molar-refractivity contribution is 5.56. The van der Waals surface area contributed by atoms with Gasteiger partial charge < -0.3 is 5.32 Å². The third-order valence-electron chi connectivity index (χ3n) is 2.29. The van der Waals surface area contributed by atoms with Crippen molar-refractivity contribution in [2.24, 2.45) is 5.84 Å². The van der Waals surface area contributed by atoms with E-state index in [-0.39, 0.29) is 17.5 Å². The van der Waals surface area contributed by atoms with Crippen LogP contribution in [0.25, 0.3) is 0 Å². The third kappa shape index (κ3) is 3.13. The average molecular weight is 264 g/mol. The first-order chi connectivity index (χ1) is 9.20. The van der Waals surface area contributed by atoms with Gasteiger partial charge >= 0.3 is 5.69 Å². The Morgan fingerprint density at radius 2 is 2.37 bits per heavy atom. The minimum Gasteiger partial charge on any atom is -0.362 e.